The maximum absolute atomic E-state index is 14.0. The van der Waals surface area contributed by atoms with Crippen LogP contribution in [0, 0.1) is 5.82 Å². The molecule has 3 aliphatic heterocycles. The first-order valence-corrected chi connectivity index (χ1v) is 15.6. The van der Waals surface area contributed by atoms with Crippen LogP contribution >= 0.6 is 0 Å². The molecule has 1 aromatic carbocycles. The van der Waals surface area contributed by atoms with E-state index in [2.05, 4.69) is 86.9 Å². The summed E-state index contributed by atoms with van der Waals surface area (Å²) in [5.41, 5.74) is 5.08. The third-order valence-electron chi connectivity index (χ3n) is 7.97. The van der Waals surface area contributed by atoms with E-state index in [1.807, 2.05) is 19.1 Å². The van der Waals surface area contributed by atoms with Crippen molar-refractivity contribution in [3.8, 4) is 0 Å². The molecule has 0 radical (unpaired) electrons. The second-order valence-electron chi connectivity index (χ2n) is 11.4. The van der Waals surface area contributed by atoms with Crippen molar-refractivity contribution in [2.24, 2.45) is 9.98 Å². The summed E-state index contributed by atoms with van der Waals surface area (Å²) in [6.07, 6.45) is 17.2. The number of nitrogens with one attached hydrogen (secondary N) is 2. The molecule has 2 aromatic rings. The first kappa shape index (κ1) is 31.3. The fourth-order valence-corrected chi connectivity index (χ4v) is 5.58. The van der Waals surface area contributed by atoms with E-state index < -0.39 is 0 Å². The molecular formula is C35H44FN7O. The number of rotatable bonds is 14. The number of amidine groups is 1. The Morgan fingerprint density at radius 3 is 2.89 bits per heavy atom. The lowest BCUT2D eigenvalue weighted by Crippen LogP contribution is -2.34. The second kappa shape index (κ2) is 15.6. The van der Waals surface area contributed by atoms with E-state index in [0.717, 1.165) is 69.0 Å². The molecule has 3 aliphatic rings. The summed E-state index contributed by atoms with van der Waals surface area (Å²) < 4.78 is 20.2. The molecule has 5 rings (SSSR count). The standard InChI is InChI=1S/C35H44FN7O/c1-4-5-11-26(2)24-43-25-27-12-6-7-14-29(27)41-34(43)15-9-18-37-19-10-16-35-42(3)31-22-33(39-21-17-32(31)44-35)40-23-30-28(36)13-8-20-38-30/h4-8,11-14,17,20-22,33,35,37,40H,9-10,15-16,18-19,23-25H2,1-3H3/b5-4-,26-11+. The molecule has 1 saturated heterocycles. The third-order valence-corrected chi connectivity index (χ3v) is 7.97. The van der Waals surface area contributed by atoms with Gasteiger partial charge in [0, 0.05) is 58.0 Å². The average Bonchev–Trinajstić information content (AvgIpc) is 3.18. The van der Waals surface area contributed by atoms with Gasteiger partial charge in [0.25, 0.3) is 0 Å². The summed E-state index contributed by atoms with van der Waals surface area (Å²) >= 11 is 0. The van der Waals surface area contributed by atoms with Gasteiger partial charge >= 0.3 is 0 Å². The van der Waals surface area contributed by atoms with Gasteiger partial charge in [0.1, 0.15) is 23.6 Å². The lowest BCUT2D eigenvalue weighted by molar-refractivity contribution is 0.0655. The molecule has 8 nitrogen and oxygen atoms in total. The van der Waals surface area contributed by atoms with Crippen LogP contribution in [0.15, 0.2) is 100.0 Å². The van der Waals surface area contributed by atoms with E-state index in [1.165, 1.54) is 23.0 Å². The SMILES string of the molecule is C/C=C\C=C(/C)CN1Cc2ccccc2N=C1CCCNCCCC1OC2=CC=NC(NCc3ncccc3F)C=C2N1C. The normalized spacial score (nSPS) is 19.7. The van der Waals surface area contributed by atoms with Crippen LogP contribution in [0.25, 0.3) is 0 Å². The van der Waals surface area contributed by atoms with E-state index in [-0.39, 0.29) is 18.2 Å². The van der Waals surface area contributed by atoms with Crippen molar-refractivity contribution in [3.63, 3.8) is 0 Å². The third kappa shape index (κ3) is 8.30. The second-order valence-corrected chi connectivity index (χ2v) is 11.4. The molecule has 2 N–H and O–H groups in total. The van der Waals surface area contributed by atoms with Gasteiger partial charge in [-0.1, -0.05) is 42.0 Å². The quantitative estimate of drug-likeness (QED) is 0.206. The van der Waals surface area contributed by atoms with E-state index >= 15 is 0 Å². The molecule has 0 bridgehead atoms. The number of nitrogens with zero attached hydrogens (tertiary/aromatic N) is 5. The lowest BCUT2D eigenvalue weighted by Gasteiger charge is -2.31. The predicted octanol–water partition coefficient (Wildman–Crippen LogP) is 5.99. The molecule has 1 aromatic heterocycles. The first-order valence-electron chi connectivity index (χ1n) is 15.6. The van der Waals surface area contributed by atoms with Gasteiger partial charge in [-0.15, -0.1) is 0 Å². The minimum absolute atomic E-state index is 0.0289. The van der Waals surface area contributed by atoms with Crippen molar-refractivity contribution >= 4 is 17.7 Å². The molecule has 0 saturated carbocycles. The topological polar surface area (TPSA) is 77.4 Å². The molecule has 1 fully saturated rings. The van der Waals surface area contributed by atoms with Gasteiger partial charge in [-0.2, -0.15) is 0 Å². The Labute approximate surface area is 260 Å². The molecule has 44 heavy (non-hydrogen) atoms. The van der Waals surface area contributed by atoms with Crippen molar-refractivity contribution in [2.45, 2.75) is 65.0 Å². The number of ether oxygens (including phenoxy) is 1. The van der Waals surface area contributed by atoms with Crippen LogP contribution in [-0.4, -0.2) is 65.9 Å². The van der Waals surface area contributed by atoms with Crippen LogP contribution in [0.3, 0.4) is 0 Å². The van der Waals surface area contributed by atoms with Crippen LogP contribution in [0.5, 0.6) is 0 Å². The highest BCUT2D eigenvalue weighted by atomic mass is 19.1. The number of benzene rings is 1. The molecule has 4 heterocycles. The smallest absolute Gasteiger partial charge is 0.172 e. The summed E-state index contributed by atoms with van der Waals surface area (Å²) in [5, 5.41) is 6.89. The number of hydrogen-bond donors (Lipinski definition) is 2. The Morgan fingerprint density at radius 1 is 1.16 bits per heavy atom. The Balaban J connectivity index is 1.05. The minimum Gasteiger partial charge on any atom is -0.468 e. The number of allylic oxidation sites excluding steroid dienone is 4. The van der Waals surface area contributed by atoms with E-state index in [0.29, 0.717) is 12.2 Å². The van der Waals surface area contributed by atoms with Gasteiger partial charge in [-0.25, -0.2) is 9.38 Å². The number of aromatic nitrogens is 1. The number of aliphatic imine (C=N–C) groups is 2. The van der Waals surface area contributed by atoms with Gasteiger partial charge in [-0.3, -0.25) is 15.3 Å². The van der Waals surface area contributed by atoms with Gasteiger partial charge in [-0.05, 0) is 69.6 Å². The molecule has 2 unspecified atom stereocenters. The molecule has 9 heteroatoms. The summed E-state index contributed by atoms with van der Waals surface area (Å²) in [7, 11) is 2.05. The summed E-state index contributed by atoms with van der Waals surface area (Å²) in [5.74, 6) is 1.66. The Morgan fingerprint density at radius 2 is 2.02 bits per heavy atom. The maximum Gasteiger partial charge on any atom is 0.172 e. The lowest BCUT2D eigenvalue weighted by atomic mass is 10.1. The first-order chi connectivity index (χ1) is 21.5. The van der Waals surface area contributed by atoms with Gasteiger partial charge in [0.2, 0.25) is 0 Å². The van der Waals surface area contributed by atoms with E-state index in [1.54, 1.807) is 18.5 Å². The number of halogens is 1. The van der Waals surface area contributed by atoms with Crippen LogP contribution in [0.4, 0.5) is 10.1 Å². The highest BCUT2D eigenvalue weighted by molar-refractivity contribution is 5.87. The Hall–Kier alpha value is -4.08. The largest absolute Gasteiger partial charge is 0.468 e. The summed E-state index contributed by atoms with van der Waals surface area (Å²) in [6, 6.07) is 11.5. The molecule has 0 aliphatic carbocycles. The van der Waals surface area contributed by atoms with Crippen LogP contribution in [0.1, 0.15) is 50.8 Å². The monoisotopic (exact) mass is 597 g/mol. The van der Waals surface area contributed by atoms with Crippen molar-refractivity contribution in [1.29, 1.82) is 0 Å². The number of pyridine rings is 1. The zero-order valence-electron chi connectivity index (χ0n) is 26.0. The maximum atomic E-state index is 14.0. The fraction of sp³-hybridized carbons (Fsp3) is 0.400. The molecule has 0 spiro atoms. The molecule has 0 amide bonds. The van der Waals surface area contributed by atoms with Crippen molar-refractivity contribution < 1.29 is 9.13 Å². The van der Waals surface area contributed by atoms with Crippen LogP contribution in [0.2, 0.25) is 0 Å². The van der Waals surface area contributed by atoms with Gasteiger partial charge in [0.15, 0.2) is 6.23 Å². The van der Waals surface area contributed by atoms with Gasteiger partial charge in [0.05, 0.1) is 17.1 Å². The Kier molecular flexibility index (Phi) is 11.1. The highest BCUT2D eigenvalue weighted by Crippen LogP contribution is 2.32. The zero-order chi connectivity index (χ0) is 30.7. The fourth-order valence-electron chi connectivity index (χ4n) is 5.58. The predicted molar refractivity (Wildman–Crippen MR) is 176 cm³/mol. The number of hydrogen-bond acceptors (Lipinski definition) is 8. The zero-order valence-corrected chi connectivity index (χ0v) is 26.0. The number of likely N-dealkylation sites (N-methyl/N-ethyl adjacent to an activating group) is 1. The van der Waals surface area contributed by atoms with Crippen LogP contribution in [-0.2, 0) is 17.8 Å². The van der Waals surface area contributed by atoms with Crippen molar-refractivity contribution in [3.05, 3.63) is 107 Å². The molecule has 232 valence electrons. The highest BCUT2D eigenvalue weighted by Gasteiger charge is 2.31. The molecule has 2 atom stereocenters. The van der Waals surface area contributed by atoms with Crippen molar-refractivity contribution in [1.82, 2.24) is 25.4 Å². The van der Waals surface area contributed by atoms with Crippen LogP contribution < -0.4 is 10.6 Å². The minimum atomic E-state index is -0.322. The molecular weight excluding hydrogens is 553 g/mol. The average molecular weight is 598 g/mol. The number of para-hydroxylation sites is 1. The van der Waals surface area contributed by atoms with Crippen molar-refractivity contribution in [2.75, 3.05) is 26.7 Å². The number of fused-ring (bicyclic) bond motifs is 2. The Bertz CT molecular complexity index is 1460. The van der Waals surface area contributed by atoms with Gasteiger partial charge < -0.3 is 19.9 Å². The van der Waals surface area contributed by atoms with E-state index in [4.69, 9.17) is 9.73 Å². The summed E-state index contributed by atoms with van der Waals surface area (Å²) in [6.45, 7) is 8.18. The van der Waals surface area contributed by atoms with E-state index in [9.17, 15) is 4.39 Å². The summed E-state index contributed by atoms with van der Waals surface area (Å²) in [4.78, 5) is 18.2.